The predicted octanol–water partition coefficient (Wildman–Crippen LogP) is 2.87. The number of nitriles is 1. The van der Waals surface area contributed by atoms with Crippen LogP contribution in [0.15, 0.2) is 0 Å². The number of hydrogen-bond acceptors (Lipinski definition) is 2. The van der Waals surface area contributed by atoms with E-state index in [1.54, 1.807) is 0 Å². The van der Waals surface area contributed by atoms with Crippen LogP contribution in [0, 0.1) is 22.7 Å². The highest BCUT2D eigenvalue weighted by molar-refractivity contribution is 5.02. The fourth-order valence-electron chi connectivity index (χ4n) is 2.77. The van der Waals surface area contributed by atoms with Crippen LogP contribution in [0.4, 0.5) is 0 Å². The van der Waals surface area contributed by atoms with Crippen molar-refractivity contribution in [1.29, 1.82) is 5.26 Å². The van der Waals surface area contributed by atoms with Crippen LogP contribution in [-0.4, -0.2) is 10.7 Å². The van der Waals surface area contributed by atoms with Crippen molar-refractivity contribution in [2.45, 2.75) is 58.5 Å². The summed E-state index contributed by atoms with van der Waals surface area (Å²) in [6.07, 6.45) is 4.52. The van der Waals surface area contributed by atoms with E-state index in [9.17, 15) is 5.11 Å². The van der Waals surface area contributed by atoms with Crippen LogP contribution in [0.3, 0.4) is 0 Å². The molecule has 2 atom stereocenters. The molecule has 0 bridgehead atoms. The number of aliphatic hydroxyl groups is 1. The Balaban J connectivity index is 2.78. The zero-order chi connectivity index (χ0) is 10.8. The lowest BCUT2D eigenvalue weighted by molar-refractivity contribution is -0.0683. The highest BCUT2D eigenvalue weighted by Crippen LogP contribution is 2.44. The van der Waals surface area contributed by atoms with Crippen molar-refractivity contribution < 1.29 is 5.11 Å². The molecule has 1 rings (SSSR count). The SMILES string of the molecule is CCC(C#N)C1(O)CCCC(C)(C)C1. The minimum absolute atomic E-state index is 0.192. The molecule has 2 unspecified atom stereocenters. The Kier molecular flexibility index (Phi) is 3.21. The zero-order valence-electron chi connectivity index (χ0n) is 9.51. The van der Waals surface area contributed by atoms with Crippen molar-refractivity contribution in [3.05, 3.63) is 0 Å². The van der Waals surface area contributed by atoms with Gasteiger partial charge in [0.25, 0.3) is 0 Å². The smallest absolute Gasteiger partial charge is 0.0810 e. The second-order valence-electron chi connectivity index (χ2n) is 5.39. The van der Waals surface area contributed by atoms with Gasteiger partial charge in [-0.05, 0) is 31.1 Å². The van der Waals surface area contributed by atoms with Crippen LogP contribution in [0.2, 0.25) is 0 Å². The molecule has 2 heteroatoms. The molecule has 0 aromatic heterocycles. The fourth-order valence-corrected chi connectivity index (χ4v) is 2.77. The van der Waals surface area contributed by atoms with Gasteiger partial charge in [0, 0.05) is 0 Å². The first-order valence-electron chi connectivity index (χ1n) is 5.55. The van der Waals surface area contributed by atoms with Crippen LogP contribution in [0.5, 0.6) is 0 Å². The fraction of sp³-hybridized carbons (Fsp3) is 0.917. The Bertz CT molecular complexity index is 241. The second kappa shape index (κ2) is 3.90. The Morgan fingerprint density at radius 3 is 2.50 bits per heavy atom. The lowest BCUT2D eigenvalue weighted by Gasteiger charge is -2.43. The van der Waals surface area contributed by atoms with Gasteiger partial charge >= 0.3 is 0 Å². The molecular weight excluding hydrogens is 174 g/mol. The van der Waals surface area contributed by atoms with E-state index < -0.39 is 5.60 Å². The number of hydrogen-bond donors (Lipinski definition) is 1. The average molecular weight is 195 g/mol. The molecule has 1 aliphatic carbocycles. The number of nitrogens with zero attached hydrogens (tertiary/aromatic N) is 1. The Hall–Kier alpha value is -0.550. The summed E-state index contributed by atoms with van der Waals surface area (Å²) in [6, 6.07) is 2.25. The van der Waals surface area contributed by atoms with E-state index in [2.05, 4.69) is 19.9 Å². The summed E-state index contributed by atoms with van der Waals surface area (Å²) in [5.74, 6) is -0.193. The molecule has 1 N–H and O–H groups in total. The molecular formula is C12H21NO. The highest BCUT2D eigenvalue weighted by atomic mass is 16.3. The summed E-state index contributed by atoms with van der Waals surface area (Å²) in [7, 11) is 0. The van der Waals surface area contributed by atoms with Gasteiger partial charge in [0.15, 0.2) is 0 Å². The summed E-state index contributed by atoms with van der Waals surface area (Å²) in [5, 5.41) is 19.4. The monoisotopic (exact) mass is 195 g/mol. The maximum Gasteiger partial charge on any atom is 0.0810 e. The minimum atomic E-state index is -0.731. The van der Waals surface area contributed by atoms with Gasteiger partial charge in [0.2, 0.25) is 0 Å². The third-order valence-electron chi connectivity index (χ3n) is 3.46. The van der Waals surface area contributed by atoms with Crippen molar-refractivity contribution in [3.63, 3.8) is 0 Å². The lowest BCUT2D eigenvalue weighted by atomic mass is 9.65. The van der Waals surface area contributed by atoms with Gasteiger partial charge in [0.1, 0.15) is 0 Å². The molecule has 1 saturated carbocycles. The molecule has 14 heavy (non-hydrogen) atoms. The standard InChI is InChI=1S/C12H21NO/c1-4-10(8-13)12(14)7-5-6-11(2,3)9-12/h10,14H,4-7,9H2,1-3H3. The van der Waals surface area contributed by atoms with Crippen molar-refractivity contribution >= 4 is 0 Å². The maximum atomic E-state index is 10.4. The van der Waals surface area contributed by atoms with Gasteiger partial charge in [-0.15, -0.1) is 0 Å². The van der Waals surface area contributed by atoms with Crippen LogP contribution in [-0.2, 0) is 0 Å². The third kappa shape index (κ3) is 2.27. The molecule has 0 heterocycles. The van der Waals surface area contributed by atoms with E-state index in [4.69, 9.17) is 5.26 Å². The first kappa shape index (κ1) is 11.5. The lowest BCUT2D eigenvalue weighted by Crippen LogP contribution is -2.44. The number of rotatable bonds is 2. The molecule has 1 fully saturated rings. The van der Waals surface area contributed by atoms with Gasteiger partial charge in [-0.25, -0.2) is 0 Å². The zero-order valence-corrected chi connectivity index (χ0v) is 9.51. The molecule has 0 aromatic carbocycles. The van der Waals surface area contributed by atoms with E-state index in [1.807, 2.05) is 6.92 Å². The Morgan fingerprint density at radius 1 is 1.43 bits per heavy atom. The normalized spacial score (nSPS) is 33.4. The van der Waals surface area contributed by atoms with Crippen molar-refractivity contribution in [2.24, 2.45) is 11.3 Å². The predicted molar refractivity (Wildman–Crippen MR) is 56.6 cm³/mol. The molecule has 2 nitrogen and oxygen atoms in total. The van der Waals surface area contributed by atoms with E-state index in [-0.39, 0.29) is 11.3 Å². The quantitative estimate of drug-likeness (QED) is 0.736. The molecule has 0 amide bonds. The summed E-state index contributed by atoms with van der Waals surface area (Å²) in [6.45, 7) is 6.34. The first-order valence-corrected chi connectivity index (χ1v) is 5.55. The van der Waals surface area contributed by atoms with Crippen LogP contribution >= 0.6 is 0 Å². The van der Waals surface area contributed by atoms with E-state index in [0.717, 1.165) is 32.1 Å². The van der Waals surface area contributed by atoms with Crippen LogP contribution in [0.25, 0.3) is 0 Å². The van der Waals surface area contributed by atoms with Crippen molar-refractivity contribution in [1.82, 2.24) is 0 Å². The van der Waals surface area contributed by atoms with Crippen molar-refractivity contribution in [2.75, 3.05) is 0 Å². The molecule has 0 spiro atoms. The molecule has 80 valence electrons. The molecule has 0 saturated heterocycles. The topological polar surface area (TPSA) is 44.0 Å². The van der Waals surface area contributed by atoms with Gasteiger partial charge in [-0.3, -0.25) is 0 Å². The summed E-state index contributed by atoms with van der Waals surface area (Å²) >= 11 is 0. The second-order valence-corrected chi connectivity index (χ2v) is 5.39. The maximum absolute atomic E-state index is 10.4. The molecule has 0 aromatic rings. The van der Waals surface area contributed by atoms with Crippen LogP contribution in [0.1, 0.15) is 52.9 Å². The average Bonchev–Trinajstić information content (AvgIpc) is 2.03. The van der Waals surface area contributed by atoms with E-state index in [1.165, 1.54) is 0 Å². The van der Waals surface area contributed by atoms with Gasteiger partial charge in [-0.2, -0.15) is 5.26 Å². The van der Waals surface area contributed by atoms with E-state index in [0.29, 0.717) is 0 Å². The minimum Gasteiger partial charge on any atom is -0.389 e. The Morgan fingerprint density at radius 2 is 2.07 bits per heavy atom. The van der Waals surface area contributed by atoms with Gasteiger partial charge in [0.05, 0.1) is 17.6 Å². The summed E-state index contributed by atoms with van der Waals surface area (Å²) < 4.78 is 0. The first-order chi connectivity index (χ1) is 6.43. The summed E-state index contributed by atoms with van der Waals surface area (Å²) in [4.78, 5) is 0. The molecule has 1 aliphatic rings. The third-order valence-corrected chi connectivity index (χ3v) is 3.46. The van der Waals surface area contributed by atoms with Crippen LogP contribution < -0.4 is 0 Å². The largest absolute Gasteiger partial charge is 0.389 e. The molecule has 0 aliphatic heterocycles. The van der Waals surface area contributed by atoms with Crippen molar-refractivity contribution in [3.8, 4) is 6.07 Å². The molecule has 0 radical (unpaired) electrons. The van der Waals surface area contributed by atoms with Gasteiger partial charge < -0.3 is 5.11 Å². The summed E-state index contributed by atoms with van der Waals surface area (Å²) in [5.41, 5.74) is -0.539. The van der Waals surface area contributed by atoms with E-state index >= 15 is 0 Å². The Labute approximate surface area is 86.9 Å². The highest BCUT2D eigenvalue weighted by Gasteiger charge is 2.43. The van der Waals surface area contributed by atoms with Gasteiger partial charge in [-0.1, -0.05) is 27.2 Å².